The number of fused-ring (bicyclic) bond motifs is 1. The largest absolute Gasteiger partial charge is 0.507 e. The minimum atomic E-state index is -0.611. The number of hydrogen-bond donors (Lipinski definition) is 2. The molecule has 16 heavy (non-hydrogen) atoms. The molecule has 1 unspecified atom stereocenters. The Morgan fingerprint density at radius 3 is 2.94 bits per heavy atom. The van der Waals surface area contributed by atoms with Crippen molar-refractivity contribution in [2.24, 2.45) is 0 Å². The van der Waals surface area contributed by atoms with Crippen LogP contribution >= 0.6 is 0 Å². The molecule has 0 aliphatic carbocycles. The highest BCUT2D eigenvalue weighted by Crippen LogP contribution is 2.32. The van der Waals surface area contributed by atoms with Crippen molar-refractivity contribution in [2.45, 2.75) is 12.5 Å². The van der Waals surface area contributed by atoms with Crippen LogP contribution in [-0.4, -0.2) is 36.0 Å². The molecule has 5 heteroatoms. The number of ether oxygens (including phenoxy) is 2. The third-order valence-corrected chi connectivity index (χ3v) is 2.54. The molecular formula is C11H12O5. The fourth-order valence-corrected chi connectivity index (χ4v) is 1.77. The van der Waals surface area contributed by atoms with Crippen LogP contribution in [0, 0.1) is 0 Å². The van der Waals surface area contributed by atoms with Gasteiger partial charge in [-0.25, -0.2) is 4.79 Å². The molecule has 0 radical (unpaired) electrons. The van der Waals surface area contributed by atoms with E-state index in [0.717, 1.165) is 0 Å². The lowest BCUT2D eigenvalue weighted by Gasteiger charge is -2.24. The van der Waals surface area contributed by atoms with Crippen LogP contribution in [-0.2, 0) is 11.2 Å². The lowest BCUT2D eigenvalue weighted by Crippen LogP contribution is -2.30. The van der Waals surface area contributed by atoms with E-state index in [1.807, 2.05) is 0 Å². The van der Waals surface area contributed by atoms with E-state index in [0.29, 0.717) is 17.7 Å². The quantitative estimate of drug-likeness (QED) is 0.714. The highest BCUT2D eigenvalue weighted by atomic mass is 16.6. The molecule has 1 aliphatic rings. The Hall–Kier alpha value is -1.75. The van der Waals surface area contributed by atoms with Crippen LogP contribution < -0.4 is 4.74 Å². The van der Waals surface area contributed by atoms with Crippen LogP contribution in [0.2, 0.25) is 0 Å². The lowest BCUT2D eigenvalue weighted by molar-refractivity contribution is 0.00897. The molecule has 1 aliphatic heterocycles. The molecule has 2 rings (SSSR count). The monoisotopic (exact) mass is 224 g/mol. The summed E-state index contributed by atoms with van der Waals surface area (Å²) in [5.41, 5.74) is 0.789. The van der Waals surface area contributed by atoms with E-state index in [2.05, 4.69) is 0 Å². The first-order valence-electron chi connectivity index (χ1n) is 4.87. The van der Waals surface area contributed by atoms with Gasteiger partial charge in [0.25, 0.3) is 0 Å². The molecule has 0 aromatic heterocycles. The van der Waals surface area contributed by atoms with Crippen molar-refractivity contribution in [3.8, 4) is 11.5 Å². The second-order valence-electron chi connectivity index (χ2n) is 3.59. The molecule has 0 fully saturated rings. The first-order valence-corrected chi connectivity index (χ1v) is 4.87. The third-order valence-electron chi connectivity index (χ3n) is 2.54. The first-order chi connectivity index (χ1) is 7.65. The van der Waals surface area contributed by atoms with E-state index in [-0.39, 0.29) is 17.9 Å². The van der Waals surface area contributed by atoms with Gasteiger partial charge in [-0.1, -0.05) is 0 Å². The number of benzene rings is 1. The van der Waals surface area contributed by atoms with Gasteiger partial charge in [-0.3, -0.25) is 0 Å². The van der Waals surface area contributed by atoms with Crippen molar-refractivity contribution >= 4 is 5.97 Å². The molecule has 0 saturated carbocycles. The summed E-state index contributed by atoms with van der Waals surface area (Å²) in [7, 11) is 1.48. The Morgan fingerprint density at radius 2 is 2.31 bits per heavy atom. The maximum Gasteiger partial charge on any atom is 0.342 e. The highest BCUT2D eigenvalue weighted by molar-refractivity contribution is 5.95. The van der Waals surface area contributed by atoms with Crippen molar-refractivity contribution in [3.05, 3.63) is 23.3 Å². The van der Waals surface area contributed by atoms with E-state index < -0.39 is 12.1 Å². The molecule has 1 heterocycles. The van der Waals surface area contributed by atoms with Crippen LogP contribution in [0.1, 0.15) is 15.9 Å². The van der Waals surface area contributed by atoms with Crippen molar-refractivity contribution in [1.29, 1.82) is 0 Å². The summed E-state index contributed by atoms with van der Waals surface area (Å²) in [6.45, 7) is -0.233. The third kappa shape index (κ3) is 1.69. The minimum Gasteiger partial charge on any atom is -0.507 e. The summed E-state index contributed by atoms with van der Waals surface area (Å²) in [6, 6.07) is 3.03. The summed E-state index contributed by atoms with van der Waals surface area (Å²) in [5, 5.41) is 18.6. The minimum absolute atomic E-state index is 0.157. The molecule has 1 aromatic carbocycles. The topological polar surface area (TPSA) is 76.0 Å². The smallest absolute Gasteiger partial charge is 0.342 e. The fourth-order valence-electron chi connectivity index (χ4n) is 1.77. The molecular weight excluding hydrogens is 212 g/mol. The Bertz CT molecular complexity index is 427. The predicted octanol–water partition coefficient (Wildman–Crippen LogP) is 0.475. The Kier molecular flexibility index (Phi) is 2.70. The zero-order valence-corrected chi connectivity index (χ0v) is 8.77. The summed E-state index contributed by atoms with van der Waals surface area (Å²) in [5.74, 6) is -0.293. The number of hydrogen-bond acceptors (Lipinski definition) is 5. The summed E-state index contributed by atoms with van der Waals surface area (Å²) in [4.78, 5) is 11.5. The summed E-state index contributed by atoms with van der Waals surface area (Å²) in [6.07, 6.45) is -0.172. The fraction of sp³-hybridized carbons (Fsp3) is 0.364. The maximum atomic E-state index is 11.5. The molecule has 0 bridgehead atoms. The lowest BCUT2D eigenvalue weighted by atomic mass is 9.97. The number of aliphatic hydroxyl groups excluding tert-OH is 1. The number of esters is 1. The van der Waals surface area contributed by atoms with Crippen molar-refractivity contribution < 1.29 is 24.5 Å². The maximum absolute atomic E-state index is 11.5. The first kappa shape index (κ1) is 10.8. The van der Waals surface area contributed by atoms with Crippen LogP contribution in [0.25, 0.3) is 0 Å². The second-order valence-corrected chi connectivity index (χ2v) is 3.59. The van der Waals surface area contributed by atoms with Gasteiger partial charge in [0.05, 0.1) is 13.7 Å². The second kappa shape index (κ2) is 4.02. The zero-order chi connectivity index (χ0) is 11.7. The summed E-state index contributed by atoms with van der Waals surface area (Å²) >= 11 is 0. The standard InChI is InChI=1S/C11H12O5/c1-15-7-2-6-3-8(5-12)16-11(14)10(6)9(13)4-7/h2,4,8,12-13H,3,5H2,1H3. The van der Waals surface area contributed by atoms with Gasteiger partial charge in [0.15, 0.2) is 0 Å². The normalized spacial score (nSPS) is 18.9. The number of carbonyl (C=O) groups is 1. The van der Waals surface area contributed by atoms with E-state index >= 15 is 0 Å². The van der Waals surface area contributed by atoms with Crippen LogP contribution in [0.5, 0.6) is 11.5 Å². The van der Waals surface area contributed by atoms with Gasteiger partial charge in [0.2, 0.25) is 0 Å². The molecule has 0 amide bonds. The van der Waals surface area contributed by atoms with E-state index in [1.54, 1.807) is 6.07 Å². The number of phenolic OH excluding ortho intramolecular Hbond substituents is 1. The molecule has 1 atom stereocenters. The number of aliphatic hydroxyl groups is 1. The average Bonchev–Trinajstić information content (AvgIpc) is 2.27. The van der Waals surface area contributed by atoms with Crippen LogP contribution in [0.4, 0.5) is 0 Å². The average molecular weight is 224 g/mol. The van der Waals surface area contributed by atoms with Gasteiger partial charge < -0.3 is 19.7 Å². The Labute approximate surface area is 92.2 Å². The summed E-state index contributed by atoms with van der Waals surface area (Å²) < 4.78 is 9.92. The van der Waals surface area contributed by atoms with Crippen molar-refractivity contribution in [1.82, 2.24) is 0 Å². The van der Waals surface area contributed by atoms with E-state index in [4.69, 9.17) is 14.6 Å². The SMILES string of the molecule is COc1cc(O)c2c(c1)CC(CO)OC2=O. The molecule has 5 nitrogen and oxygen atoms in total. The van der Waals surface area contributed by atoms with Gasteiger partial charge in [-0.2, -0.15) is 0 Å². The van der Waals surface area contributed by atoms with Crippen molar-refractivity contribution in [2.75, 3.05) is 13.7 Å². The van der Waals surface area contributed by atoms with E-state index in [1.165, 1.54) is 13.2 Å². The molecule has 86 valence electrons. The predicted molar refractivity (Wildman–Crippen MR) is 54.7 cm³/mol. The number of cyclic esters (lactones) is 1. The molecule has 0 spiro atoms. The Balaban J connectivity index is 2.47. The van der Waals surface area contributed by atoms with Crippen LogP contribution in [0.3, 0.4) is 0 Å². The van der Waals surface area contributed by atoms with E-state index in [9.17, 15) is 9.90 Å². The number of carbonyl (C=O) groups excluding carboxylic acids is 1. The molecule has 1 aromatic rings. The van der Waals surface area contributed by atoms with Gasteiger partial charge >= 0.3 is 5.97 Å². The molecule has 2 N–H and O–H groups in total. The Morgan fingerprint density at radius 1 is 1.56 bits per heavy atom. The highest BCUT2D eigenvalue weighted by Gasteiger charge is 2.29. The number of methoxy groups -OCH3 is 1. The number of phenols is 1. The zero-order valence-electron chi connectivity index (χ0n) is 8.77. The van der Waals surface area contributed by atoms with Gasteiger partial charge in [0.1, 0.15) is 23.2 Å². The van der Waals surface area contributed by atoms with Gasteiger partial charge in [0, 0.05) is 12.5 Å². The number of rotatable bonds is 2. The van der Waals surface area contributed by atoms with Gasteiger partial charge in [-0.15, -0.1) is 0 Å². The van der Waals surface area contributed by atoms with Crippen molar-refractivity contribution in [3.63, 3.8) is 0 Å². The number of aromatic hydroxyl groups is 1. The molecule has 0 saturated heterocycles. The van der Waals surface area contributed by atoms with Crippen LogP contribution in [0.15, 0.2) is 12.1 Å². The van der Waals surface area contributed by atoms with Gasteiger partial charge in [-0.05, 0) is 11.6 Å².